The smallest absolute Gasteiger partial charge is 0.258 e. The highest BCUT2D eigenvalue weighted by molar-refractivity contribution is 7.18. The molecule has 7 nitrogen and oxygen atoms in total. The van der Waals surface area contributed by atoms with Crippen LogP contribution in [-0.2, 0) is 17.6 Å². The molecule has 0 bridgehead atoms. The zero-order valence-electron chi connectivity index (χ0n) is 14.5. The molecule has 3 aromatic heterocycles. The van der Waals surface area contributed by atoms with Gasteiger partial charge >= 0.3 is 0 Å². The van der Waals surface area contributed by atoms with Gasteiger partial charge in [-0.15, -0.1) is 11.3 Å². The summed E-state index contributed by atoms with van der Waals surface area (Å²) in [7, 11) is 0. The molecule has 4 aromatic rings. The lowest BCUT2D eigenvalue weighted by Crippen LogP contribution is -2.26. The van der Waals surface area contributed by atoms with Crippen LogP contribution in [-0.4, -0.2) is 32.6 Å². The standard InChI is InChI=1S/C19H17N5O2S/c25-17(5-6-18-22-14-3-1-2-4-15(14)27-18)21-12-9-16-23-19(26-24-16)13-7-10-20-11-8-13/h1-4,7-8,10-11H,5-6,9,12H2,(H,21,25). The number of carbonyl (C=O) groups excluding carboxylic acids is 1. The van der Waals surface area contributed by atoms with Crippen molar-refractivity contribution in [1.82, 2.24) is 25.4 Å². The van der Waals surface area contributed by atoms with Gasteiger partial charge in [0.15, 0.2) is 5.82 Å². The van der Waals surface area contributed by atoms with Crippen LogP contribution in [0.4, 0.5) is 0 Å². The predicted molar refractivity (Wildman–Crippen MR) is 102 cm³/mol. The molecule has 0 spiro atoms. The molecule has 0 unspecified atom stereocenters. The number of nitrogens with one attached hydrogen (secondary N) is 1. The molecule has 1 aromatic carbocycles. The minimum absolute atomic E-state index is 0.00731. The Hall–Kier alpha value is -3.13. The van der Waals surface area contributed by atoms with Crippen LogP contribution in [0.1, 0.15) is 17.3 Å². The van der Waals surface area contributed by atoms with Crippen molar-refractivity contribution in [3.05, 3.63) is 59.6 Å². The van der Waals surface area contributed by atoms with Crippen LogP contribution >= 0.6 is 11.3 Å². The molecule has 0 atom stereocenters. The van der Waals surface area contributed by atoms with Gasteiger partial charge in [-0.3, -0.25) is 9.78 Å². The molecular weight excluding hydrogens is 362 g/mol. The van der Waals surface area contributed by atoms with Gasteiger partial charge in [0.1, 0.15) is 0 Å². The van der Waals surface area contributed by atoms with Crippen molar-refractivity contribution in [2.24, 2.45) is 0 Å². The van der Waals surface area contributed by atoms with Crippen molar-refractivity contribution in [1.29, 1.82) is 0 Å². The normalized spacial score (nSPS) is 11.0. The van der Waals surface area contributed by atoms with E-state index < -0.39 is 0 Å². The average molecular weight is 379 g/mol. The number of para-hydroxylation sites is 1. The first kappa shape index (κ1) is 17.3. The fourth-order valence-electron chi connectivity index (χ4n) is 2.62. The Bertz CT molecular complexity index is 1010. The van der Waals surface area contributed by atoms with E-state index in [1.807, 2.05) is 24.3 Å². The van der Waals surface area contributed by atoms with Crippen molar-refractivity contribution < 1.29 is 9.32 Å². The zero-order chi connectivity index (χ0) is 18.5. The van der Waals surface area contributed by atoms with Crippen molar-refractivity contribution in [2.75, 3.05) is 6.54 Å². The molecule has 3 heterocycles. The van der Waals surface area contributed by atoms with E-state index in [-0.39, 0.29) is 5.91 Å². The molecular formula is C19H17N5O2S. The van der Waals surface area contributed by atoms with E-state index in [2.05, 4.69) is 25.4 Å². The second-order valence-corrected chi connectivity index (χ2v) is 7.04. The van der Waals surface area contributed by atoms with Crippen molar-refractivity contribution in [3.8, 4) is 11.5 Å². The monoisotopic (exact) mass is 379 g/mol. The van der Waals surface area contributed by atoms with Crippen LogP contribution in [0.5, 0.6) is 0 Å². The first-order chi connectivity index (χ1) is 13.3. The highest BCUT2D eigenvalue weighted by atomic mass is 32.1. The second kappa shape index (κ2) is 8.05. The number of fused-ring (bicyclic) bond motifs is 1. The molecule has 1 amide bonds. The number of benzene rings is 1. The fourth-order valence-corrected chi connectivity index (χ4v) is 3.58. The number of rotatable bonds is 7. The van der Waals surface area contributed by atoms with E-state index in [0.717, 1.165) is 20.8 Å². The van der Waals surface area contributed by atoms with E-state index in [9.17, 15) is 4.79 Å². The minimum atomic E-state index is -0.00731. The molecule has 1 N–H and O–H groups in total. The van der Waals surface area contributed by atoms with Crippen molar-refractivity contribution in [3.63, 3.8) is 0 Å². The summed E-state index contributed by atoms with van der Waals surface area (Å²) in [5, 5.41) is 7.81. The van der Waals surface area contributed by atoms with Gasteiger partial charge in [-0.2, -0.15) is 4.98 Å². The Balaban J connectivity index is 1.23. The van der Waals surface area contributed by atoms with Crippen molar-refractivity contribution in [2.45, 2.75) is 19.3 Å². The molecule has 0 aliphatic heterocycles. The SMILES string of the molecule is O=C(CCc1nc2ccccc2s1)NCCc1noc(-c2ccncc2)n1. The number of nitrogens with zero attached hydrogens (tertiary/aromatic N) is 4. The average Bonchev–Trinajstić information content (AvgIpc) is 3.34. The third-order valence-corrected chi connectivity index (χ3v) is 5.07. The fraction of sp³-hybridized carbons (Fsp3) is 0.211. The van der Waals surface area contributed by atoms with Gasteiger partial charge in [0.2, 0.25) is 5.91 Å². The largest absolute Gasteiger partial charge is 0.356 e. The molecule has 4 rings (SSSR count). The minimum Gasteiger partial charge on any atom is -0.356 e. The van der Waals surface area contributed by atoms with Crippen LogP contribution in [0, 0.1) is 0 Å². The Morgan fingerprint density at radius 2 is 1.93 bits per heavy atom. The van der Waals surface area contributed by atoms with E-state index in [1.165, 1.54) is 0 Å². The van der Waals surface area contributed by atoms with E-state index in [0.29, 0.717) is 37.5 Å². The van der Waals surface area contributed by atoms with Gasteiger partial charge in [-0.1, -0.05) is 17.3 Å². The summed E-state index contributed by atoms with van der Waals surface area (Å²) in [5.74, 6) is 1.01. The number of aromatic nitrogens is 4. The summed E-state index contributed by atoms with van der Waals surface area (Å²) < 4.78 is 6.38. The third kappa shape index (κ3) is 4.35. The predicted octanol–water partition coefficient (Wildman–Crippen LogP) is 3.03. The van der Waals surface area contributed by atoms with Crippen LogP contribution in [0.2, 0.25) is 0 Å². The molecule has 0 aliphatic rings. The van der Waals surface area contributed by atoms with Crippen LogP contribution in [0.15, 0.2) is 53.3 Å². The summed E-state index contributed by atoms with van der Waals surface area (Å²) in [6.07, 6.45) is 4.91. The number of aryl methyl sites for hydroxylation is 1. The molecule has 0 fully saturated rings. The molecule has 0 radical (unpaired) electrons. The highest BCUT2D eigenvalue weighted by Gasteiger charge is 2.10. The quantitative estimate of drug-likeness (QED) is 0.530. The Labute approximate surface area is 159 Å². The topological polar surface area (TPSA) is 93.8 Å². The van der Waals surface area contributed by atoms with Gasteiger partial charge in [-0.05, 0) is 24.3 Å². The summed E-state index contributed by atoms with van der Waals surface area (Å²) >= 11 is 1.63. The molecule has 27 heavy (non-hydrogen) atoms. The van der Waals surface area contributed by atoms with E-state index in [4.69, 9.17) is 4.52 Å². The lowest BCUT2D eigenvalue weighted by atomic mass is 10.3. The number of thiazole rings is 1. The number of pyridine rings is 1. The lowest BCUT2D eigenvalue weighted by Gasteiger charge is -2.02. The molecule has 136 valence electrons. The third-order valence-electron chi connectivity index (χ3n) is 3.97. The second-order valence-electron chi connectivity index (χ2n) is 5.93. The van der Waals surface area contributed by atoms with Gasteiger partial charge in [0.25, 0.3) is 5.89 Å². The Kier molecular flexibility index (Phi) is 5.15. The number of amides is 1. The van der Waals surface area contributed by atoms with Crippen molar-refractivity contribution >= 4 is 27.5 Å². The summed E-state index contributed by atoms with van der Waals surface area (Å²) in [5.41, 5.74) is 1.81. The molecule has 8 heteroatoms. The summed E-state index contributed by atoms with van der Waals surface area (Å²) in [6.45, 7) is 0.466. The molecule has 0 aliphatic carbocycles. The number of hydrogen-bond donors (Lipinski definition) is 1. The maximum atomic E-state index is 12.0. The van der Waals surface area contributed by atoms with E-state index >= 15 is 0 Å². The van der Waals surface area contributed by atoms with Crippen LogP contribution in [0.3, 0.4) is 0 Å². The number of hydrogen-bond acceptors (Lipinski definition) is 7. The molecule has 0 saturated heterocycles. The molecule has 0 saturated carbocycles. The lowest BCUT2D eigenvalue weighted by molar-refractivity contribution is -0.121. The first-order valence-electron chi connectivity index (χ1n) is 8.62. The Morgan fingerprint density at radius 3 is 2.78 bits per heavy atom. The van der Waals surface area contributed by atoms with Gasteiger partial charge in [-0.25, -0.2) is 4.98 Å². The maximum absolute atomic E-state index is 12.0. The van der Waals surface area contributed by atoms with Gasteiger partial charge in [0.05, 0.1) is 15.2 Å². The van der Waals surface area contributed by atoms with Crippen LogP contribution in [0.25, 0.3) is 21.7 Å². The van der Waals surface area contributed by atoms with Gasteiger partial charge in [0, 0.05) is 43.8 Å². The Morgan fingerprint density at radius 1 is 1.07 bits per heavy atom. The van der Waals surface area contributed by atoms with Crippen LogP contribution < -0.4 is 5.32 Å². The zero-order valence-corrected chi connectivity index (χ0v) is 15.3. The van der Waals surface area contributed by atoms with Gasteiger partial charge < -0.3 is 9.84 Å². The maximum Gasteiger partial charge on any atom is 0.258 e. The highest BCUT2D eigenvalue weighted by Crippen LogP contribution is 2.22. The van der Waals surface area contributed by atoms with E-state index in [1.54, 1.807) is 35.9 Å². The first-order valence-corrected chi connectivity index (χ1v) is 9.44. The summed E-state index contributed by atoms with van der Waals surface area (Å²) in [6, 6.07) is 11.6. The number of carbonyl (C=O) groups is 1. The summed E-state index contributed by atoms with van der Waals surface area (Å²) in [4.78, 5) is 24.9.